The highest BCUT2D eigenvalue weighted by Crippen LogP contribution is 2.41. The summed E-state index contributed by atoms with van der Waals surface area (Å²) in [5.74, 6) is -2.57. The molecule has 0 heterocycles. The van der Waals surface area contributed by atoms with Crippen molar-refractivity contribution in [3.63, 3.8) is 0 Å². The summed E-state index contributed by atoms with van der Waals surface area (Å²) in [5.41, 5.74) is 1.91. The molecule has 4 heteroatoms. The Bertz CT molecular complexity index is 449. The molecular weight excluding hydrogens is 263 g/mol. The predicted octanol–water partition coefficient (Wildman–Crippen LogP) is 4.61. The monoisotopic (exact) mass is 285 g/mol. The van der Waals surface area contributed by atoms with Gasteiger partial charge in [0, 0.05) is 18.9 Å². The lowest BCUT2D eigenvalue weighted by atomic mass is 9.78. The molecule has 0 spiro atoms. The van der Waals surface area contributed by atoms with Crippen molar-refractivity contribution < 1.29 is 13.2 Å². The first-order valence-corrected chi connectivity index (χ1v) is 7.30. The molecule has 1 saturated carbocycles. The van der Waals surface area contributed by atoms with Gasteiger partial charge in [-0.2, -0.15) is 0 Å². The average Bonchev–Trinajstić information content (AvgIpc) is 2.37. The normalized spacial score (nSPS) is 20.9. The minimum atomic E-state index is -2.51. The van der Waals surface area contributed by atoms with Gasteiger partial charge in [-0.15, -0.1) is 0 Å². The Balaban J connectivity index is 2.19. The Morgan fingerprint density at radius 2 is 1.95 bits per heavy atom. The third-order valence-electron chi connectivity index (χ3n) is 4.22. The van der Waals surface area contributed by atoms with Crippen molar-refractivity contribution >= 4 is 0 Å². The molecule has 1 fully saturated rings. The van der Waals surface area contributed by atoms with Gasteiger partial charge in [0.15, 0.2) is 0 Å². The molecule has 0 aliphatic heterocycles. The minimum absolute atomic E-state index is 0.0386. The summed E-state index contributed by atoms with van der Waals surface area (Å²) >= 11 is 0. The average molecular weight is 285 g/mol. The minimum Gasteiger partial charge on any atom is -0.310 e. The van der Waals surface area contributed by atoms with E-state index in [1.807, 2.05) is 13.8 Å². The van der Waals surface area contributed by atoms with E-state index in [1.54, 1.807) is 6.07 Å². The quantitative estimate of drug-likeness (QED) is 0.851. The summed E-state index contributed by atoms with van der Waals surface area (Å²) in [6.07, 6.45) is 0.947. The summed E-state index contributed by atoms with van der Waals surface area (Å²) in [4.78, 5) is 0. The first kappa shape index (κ1) is 15.4. The number of halogens is 3. The Labute approximate surface area is 118 Å². The van der Waals surface area contributed by atoms with Gasteiger partial charge >= 0.3 is 0 Å². The highest BCUT2D eigenvalue weighted by Gasteiger charge is 2.38. The van der Waals surface area contributed by atoms with Crippen LogP contribution in [0.15, 0.2) is 18.2 Å². The Morgan fingerprint density at radius 1 is 1.30 bits per heavy atom. The van der Waals surface area contributed by atoms with Crippen molar-refractivity contribution in [2.24, 2.45) is 5.92 Å². The number of hydrogen-bond donors (Lipinski definition) is 1. The number of rotatable bonds is 4. The van der Waals surface area contributed by atoms with Crippen LogP contribution in [0, 0.1) is 18.7 Å². The van der Waals surface area contributed by atoms with Crippen LogP contribution in [0.1, 0.15) is 49.8 Å². The van der Waals surface area contributed by atoms with Gasteiger partial charge < -0.3 is 5.32 Å². The maximum Gasteiger partial charge on any atom is 0.248 e. The molecule has 0 amide bonds. The zero-order chi connectivity index (χ0) is 14.8. The van der Waals surface area contributed by atoms with Crippen molar-refractivity contribution in [1.82, 2.24) is 5.32 Å². The standard InChI is InChI=1S/C16H22F3N/c1-3-20-15(12-6-8-16(18,19)9-7-12)14-5-4-13(17)10-11(14)2/h4-5,10,12,15,20H,3,6-9H2,1-2H3. The van der Waals surface area contributed by atoms with E-state index in [0.29, 0.717) is 12.8 Å². The lowest BCUT2D eigenvalue weighted by Gasteiger charge is -2.35. The molecule has 2 rings (SSSR count). The van der Waals surface area contributed by atoms with Crippen molar-refractivity contribution in [2.45, 2.75) is 51.5 Å². The number of aryl methyl sites for hydroxylation is 1. The van der Waals surface area contributed by atoms with Crippen LogP contribution in [0.3, 0.4) is 0 Å². The molecule has 1 aromatic rings. The molecule has 0 radical (unpaired) electrons. The van der Waals surface area contributed by atoms with Gasteiger partial charge in [-0.3, -0.25) is 0 Å². The van der Waals surface area contributed by atoms with E-state index in [-0.39, 0.29) is 30.6 Å². The molecule has 1 atom stereocenters. The molecular formula is C16H22F3N. The van der Waals surface area contributed by atoms with Gasteiger partial charge in [0.2, 0.25) is 5.92 Å². The highest BCUT2D eigenvalue weighted by atomic mass is 19.3. The molecule has 1 N–H and O–H groups in total. The van der Waals surface area contributed by atoms with Crippen molar-refractivity contribution in [2.75, 3.05) is 6.54 Å². The van der Waals surface area contributed by atoms with Gasteiger partial charge in [-0.1, -0.05) is 13.0 Å². The van der Waals surface area contributed by atoms with Gasteiger partial charge in [0.05, 0.1) is 0 Å². The largest absolute Gasteiger partial charge is 0.310 e. The van der Waals surface area contributed by atoms with Crippen LogP contribution < -0.4 is 5.32 Å². The summed E-state index contributed by atoms with van der Waals surface area (Å²) in [7, 11) is 0. The van der Waals surface area contributed by atoms with E-state index in [2.05, 4.69) is 5.32 Å². The van der Waals surface area contributed by atoms with Gasteiger partial charge in [0.25, 0.3) is 0 Å². The van der Waals surface area contributed by atoms with E-state index in [4.69, 9.17) is 0 Å². The Hall–Kier alpha value is -1.03. The second-order valence-electron chi connectivity index (χ2n) is 5.73. The number of alkyl halides is 2. The number of benzene rings is 1. The van der Waals surface area contributed by atoms with Crippen LogP contribution in [0.25, 0.3) is 0 Å². The van der Waals surface area contributed by atoms with E-state index in [0.717, 1.165) is 17.7 Å². The fourth-order valence-electron chi connectivity index (χ4n) is 3.13. The van der Waals surface area contributed by atoms with Crippen LogP contribution in [0.4, 0.5) is 13.2 Å². The van der Waals surface area contributed by atoms with Gasteiger partial charge in [-0.05, 0) is 55.5 Å². The summed E-state index contributed by atoms with van der Waals surface area (Å²) < 4.78 is 39.8. The second kappa shape index (κ2) is 6.17. The molecule has 1 aromatic carbocycles. The molecule has 1 aliphatic rings. The first-order valence-electron chi connectivity index (χ1n) is 7.30. The molecule has 0 bridgehead atoms. The van der Waals surface area contributed by atoms with Crippen LogP contribution >= 0.6 is 0 Å². The fourth-order valence-corrected chi connectivity index (χ4v) is 3.13. The zero-order valence-electron chi connectivity index (χ0n) is 12.1. The molecule has 20 heavy (non-hydrogen) atoms. The molecule has 0 aromatic heterocycles. The smallest absolute Gasteiger partial charge is 0.248 e. The SMILES string of the molecule is CCNC(c1ccc(F)cc1C)C1CCC(F)(F)CC1. The highest BCUT2D eigenvalue weighted by molar-refractivity contribution is 5.30. The first-order chi connectivity index (χ1) is 9.43. The van der Waals surface area contributed by atoms with E-state index < -0.39 is 5.92 Å². The topological polar surface area (TPSA) is 12.0 Å². The van der Waals surface area contributed by atoms with Crippen LogP contribution in [-0.4, -0.2) is 12.5 Å². The van der Waals surface area contributed by atoms with E-state index in [9.17, 15) is 13.2 Å². The number of hydrogen-bond acceptors (Lipinski definition) is 1. The third kappa shape index (κ3) is 3.54. The lowest BCUT2D eigenvalue weighted by Crippen LogP contribution is -2.34. The van der Waals surface area contributed by atoms with E-state index >= 15 is 0 Å². The molecule has 1 aliphatic carbocycles. The third-order valence-corrected chi connectivity index (χ3v) is 4.22. The maximum absolute atomic E-state index is 13.3. The van der Waals surface area contributed by atoms with Gasteiger partial charge in [-0.25, -0.2) is 13.2 Å². The molecule has 112 valence electrons. The van der Waals surface area contributed by atoms with Crippen molar-refractivity contribution in [3.8, 4) is 0 Å². The molecule has 1 unspecified atom stereocenters. The number of nitrogens with one attached hydrogen (secondary N) is 1. The van der Waals surface area contributed by atoms with Crippen LogP contribution in [-0.2, 0) is 0 Å². The summed E-state index contributed by atoms with van der Waals surface area (Å²) in [6, 6.07) is 4.78. The Morgan fingerprint density at radius 3 is 2.50 bits per heavy atom. The van der Waals surface area contributed by atoms with Crippen molar-refractivity contribution in [1.29, 1.82) is 0 Å². The van der Waals surface area contributed by atoms with Crippen LogP contribution in [0.5, 0.6) is 0 Å². The summed E-state index contributed by atoms with van der Waals surface area (Å²) in [5, 5.41) is 3.39. The molecule has 0 saturated heterocycles. The van der Waals surface area contributed by atoms with E-state index in [1.165, 1.54) is 12.1 Å². The fraction of sp³-hybridized carbons (Fsp3) is 0.625. The Kier molecular flexibility index (Phi) is 4.74. The predicted molar refractivity (Wildman–Crippen MR) is 74.5 cm³/mol. The maximum atomic E-state index is 13.3. The summed E-state index contributed by atoms with van der Waals surface area (Å²) in [6.45, 7) is 4.65. The van der Waals surface area contributed by atoms with Crippen LogP contribution in [0.2, 0.25) is 0 Å². The van der Waals surface area contributed by atoms with Gasteiger partial charge in [0.1, 0.15) is 5.82 Å². The lowest BCUT2D eigenvalue weighted by molar-refractivity contribution is -0.0497. The second-order valence-corrected chi connectivity index (χ2v) is 5.73. The van der Waals surface area contributed by atoms with Crippen molar-refractivity contribution in [3.05, 3.63) is 35.1 Å². The molecule has 1 nitrogen and oxygen atoms in total. The zero-order valence-corrected chi connectivity index (χ0v) is 12.1.